The monoisotopic (exact) mass is 184 g/mol. The van der Waals surface area contributed by atoms with E-state index in [4.69, 9.17) is 5.84 Å². The first-order valence-corrected chi connectivity index (χ1v) is 5.37. The molecule has 0 saturated carbocycles. The zero-order valence-corrected chi connectivity index (χ0v) is 9.10. The molecule has 0 fully saturated rings. The minimum absolute atomic E-state index is 0.430. The molecule has 0 aromatic carbocycles. The summed E-state index contributed by atoms with van der Waals surface area (Å²) in [7, 11) is 0. The largest absolute Gasteiger partial charge is 0.271 e. The molecule has 0 rings (SSSR count). The van der Waals surface area contributed by atoms with E-state index in [0.717, 1.165) is 12.8 Å². The molecular formula is C11H24N2. The van der Waals surface area contributed by atoms with Crippen LogP contribution >= 0.6 is 0 Å². The van der Waals surface area contributed by atoms with Gasteiger partial charge in [0, 0.05) is 6.04 Å². The molecule has 2 heteroatoms. The fraction of sp³-hybridized carbons (Fsp3) is 0.818. The summed E-state index contributed by atoms with van der Waals surface area (Å²) in [5.41, 5.74) is 4.16. The molecule has 0 bridgehead atoms. The fourth-order valence-corrected chi connectivity index (χ4v) is 1.38. The van der Waals surface area contributed by atoms with E-state index in [9.17, 15) is 0 Å². The molecule has 0 amide bonds. The smallest absolute Gasteiger partial charge is 0.0247 e. The van der Waals surface area contributed by atoms with Crippen molar-refractivity contribution in [3.8, 4) is 0 Å². The Hall–Kier alpha value is -0.340. The van der Waals surface area contributed by atoms with Gasteiger partial charge in [-0.3, -0.25) is 11.3 Å². The Labute approximate surface area is 82.6 Å². The zero-order chi connectivity index (χ0) is 10.1. The number of nitrogens with one attached hydrogen (secondary N) is 1. The molecule has 0 heterocycles. The Bertz CT molecular complexity index is 132. The second-order valence-corrected chi connectivity index (χ2v) is 3.67. The number of hydrogen-bond donors (Lipinski definition) is 2. The van der Waals surface area contributed by atoms with Gasteiger partial charge in [0.05, 0.1) is 0 Å². The lowest BCUT2D eigenvalue weighted by Crippen LogP contribution is -2.35. The molecule has 0 aliphatic carbocycles. The van der Waals surface area contributed by atoms with Gasteiger partial charge in [-0.05, 0) is 19.3 Å². The number of unbranched alkanes of at least 4 members (excludes halogenated alkanes) is 2. The van der Waals surface area contributed by atoms with Gasteiger partial charge < -0.3 is 0 Å². The van der Waals surface area contributed by atoms with Crippen LogP contribution in [0, 0.1) is 0 Å². The van der Waals surface area contributed by atoms with E-state index in [-0.39, 0.29) is 0 Å². The van der Waals surface area contributed by atoms with Crippen LogP contribution in [0.3, 0.4) is 0 Å². The van der Waals surface area contributed by atoms with Crippen LogP contribution in [0.1, 0.15) is 52.4 Å². The lowest BCUT2D eigenvalue weighted by Gasteiger charge is -2.16. The molecule has 0 aliphatic rings. The average molecular weight is 184 g/mol. The van der Waals surface area contributed by atoms with Gasteiger partial charge in [0.25, 0.3) is 0 Å². The van der Waals surface area contributed by atoms with Crippen LogP contribution in [0.2, 0.25) is 0 Å². The fourth-order valence-electron chi connectivity index (χ4n) is 1.38. The molecule has 1 unspecified atom stereocenters. The standard InChI is InChI=1S/C11H24N2/c1-4-6-7-8-11(13-12)9-10(3)5-2/h11,13H,3-9,12H2,1-2H3. The van der Waals surface area contributed by atoms with Crippen molar-refractivity contribution in [3.05, 3.63) is 12.2 Å². The summed E-state index contributed by atoms with van der Waals surface area (Å²) in [6, 6.07) is 0.430. The number of hydrogen-bond acceptors (Lipinski definition) is 2. The molecule has 0 aliphatic heterocycles. The average Bonchev–Trinajstić information content (AvgIpc) is 2.16. The van der Waals surface area contributed by atoms with E-state index in [1.165, 1.54) is 31.3 Å². The van der Waals surface area contributed by atoms with Crippen molar-refractivity contribution in [2.45, 2.75) is 58.4 Å². The first-order valence-electron chi connectivity index (χ1n) is 5.37. The molecule has 78 valence electrons. The topological polar surface area (TPSA) is 38.0 Å². The minimum atomic E-state index is 0.430. The third kappa shape index (κ3) is 6.79. The summed E-state index contributed by atoms with van der Waals surface area (Å²) in [6.45, 7) is 8.35. The van der Waals surface area contributed by atoms with Gasteiger partial charge in [0.15, 0.2) is 0 Å². The molecule has 3 N–H and O–H groups in total. The molecule has 0 aromatic heterocycles. The highest BCUT2D eigenvalue weighted by Crippen LogP contribution is 2.12. The van der Waals surface area contributed by atoms with Crippen LogP contribution < -0.4 is 11.3 Å². The molecule has 13 heavy (non-hydrogen) atoms. The van der Waals surface area contributed by atoms with E-state index in [2.05, 4.69) is 25.9 Å². The van der Waals surface area contributed by atoms with Crippen LogP contribution in [-0.2, 0) is 0 Å². The molecule has 0 saturated heterocycles. The van der Waals surface area contributed by atoms with Gasteiger partial charge in [0.2, 0.25) is 0 Å². The van der Waals surface area contributed by atoms with E-state index in [1.54, 1.807) is 0 Å². The van der Waals surface area contributed by atoms with Crippen LogP contribution in [-0.4, -0.2) is 6.04 Å². The van der Waals surface area contributed by atoms with Crippen molar-refractivity contribution in [1.82, 2.24) is 5.43 Å². The van der Waals surface area contributed by atoms with Crippen LogP contribution in [0.15, 0.2) is 12.2 Å². The lowest BCUT2D eigenvalue weighted by atomic mass is 10.0. The maximum absolute atomic E-state index is 5.47. The number of nitrogens with two attached hydrogens (primary N) is 1. The Morgan fingerprint density at radius 1 is 1.38 bits per heavy atom. The Balaban J connectivity index is 3.56. The third-order valence-corrected chi connectivity index (χ3v) is 2.43. The van der Waals surface area contributed by atoms with Crippen molar-refractivity contribution in [2.75, 3.05) is 0 Å². The van der Waals surface area contributed by atoms with Crippen molar-refractivity contribution < 1.29 is 0 Å². The predicted octanol–water partition coefficient (Wildman–Crippen LogP) is 2.75. The molecule has 2 nitrogen and oxygen atoms in total. The third-order valence-electron chi connectivity index (χ3n) is 2.43. The highest BCUT2D eigenvalue weighted by atomic mass is 15.2. The van der Waals surface area contributed by atoms with E-state index in [0.29, 0.717) is 6.04 Å². The van der Waals surface area contributed by atoms with Gasteiger partial charge in [-0.15, -0.1) is 0 Å². The van der Waals surface area contributed by atoms with Crippen molar-refractivity contribution >= 4 is 0 Å². The molecule has 1 atom stereocenters. The first kappa shape index (κ1) is 12.7. The number of hydrazine groups is 1. The highest BCUT2D eigenvalue weighted by Gasteiger charge is 2.06. The summed E-state index contributed by atoms with van der Waals surface area (Å²) >= 11 is 0. The summed E-state index contributed by atoms with van der Waals surface area (Å²) in [5, 5.41) is 0. The Kier molecular flexibility index (Phi) is 8.05. The van der Waals surface area contributed by atoms with Crippen molar-refractivity contribution in [1.29, 1.82) is 0 Å². The van der Waals surface area contributed by atoms with Gasteiger partial charge in [0.1, 0.15) is 0 Å². The minimum Gasteiger partial charge on any atom is -0.271 e. The molecular weight excluding hydrogens is 160 g/mol. The predicted molar refractivity (Wildman–Crippen MR) is 59.3 cm³/mol. The van der Waals surface area contributed by atoms with E-state index in [1.807, 2.05) is 0 Å². The SMILES string of the molecule is C=C(CC)CC(CCCCC)NN. The maximum Gasteiger partial charge on any atom is 0.0247 e. The van der Waals surface area contributed by atoms with E-state index >= 15 is 0 Å². The van der Waals surface area contributed by atoms with Gasteiger partial charge in [-0.1, -0.05) is 45.3 Å². The summed E-state index contributed by atoms with van der Waals surface area (Å²) in [4.78, 5) is 0. The molecule has 0 aromatic rings. The van der Waals surface area contributed by atoms with Crippen molar-refractivity contribution in [3.63, 3.8) is 0 Å². The highest BCUT2D eigenvalue weighted by molar-refractivity contribution is 4.95. The quantitative estimate of drug-likeness (QED) is 0.263. The van der Waals surface area contributed by atoms with Gasteiger partial charge >= 0.3 is 0 Å². The lowest BCUT2D eigenvalue weighted by molar-refractivity contribution is 0.463. The normalized spacial score (nSPS) is 12.8. The van der Waals surface area contributed by atoms with Crippen molar-refractivity contribution in [2.24, 2.45) is 5.84 Å². The first-order chi connectivity index (χ1) is 6.24. The van der Waals surface area contributed by atoms with Gasteiger partial charge in [-0.25, -0.2) is 0 Å². The Morgan fingerprint density at radius 2 is 2.08 bits per heavy atom. The Morgan fingerprint density at radius 3 is 2.54 bits per heavy atom. The number of rotatable bonds is 8. The summed E-state index contributed by atoms with van der Waals surface area (Å²) < 4.78 is 0. The molecule has 0 radical (unpaired) electrons. The second-order valence-electron chi connectivity index (χ2n) is 3.67. The van der Waals surface area contributed by atoms with Gasteiger partial charge in [-0.2, -0.15) is 0 Å². The van der Waals surface area contributed by atoms with Crippen LogP contribution in [0.25, 0.3) is 0 Å². The van der Waals surface area contributed by atoms with E-state index < -0.39 is 0 Å². The summed E-state index contributed by atoms with van der Waals surface area (Å²) in [5.74, 6) is 5.47. The van der Waals surface area contributed by atoms with Crippen LogP contribution in [0.4, 0.5) is 0 Å². The zero-order valence-electron chi connectivity index (χ0n) is 9.10. The molecule has 0 spiro atoms. The van der Waals surface area contributed by atoms with Crippen LogP contribution in [0.5, 0.6) is 0 Å². The maximum atomic E-state index is 5.47. The second kappa shape index (κ2) is 8.27. The summed E-state index contributed by atoms with van der Waals surface area (Å²) in [6.07, 6.45) is 7.09.